The Kier molecular flexibility index (Phi) is 5.59. The molecule has 0 spiro atoms. The van der Waals surface area contributed by atoms with Gasteiger partial charge < -0.3 is 14.2 Å². The molecule has 0 saturated heterocycles. The van der Waals surface area contributed by atoms with Crippen molar-refractivity contribution >= 4 is 11.3 Å². The van der Waals surface area contributed by atoms with E-state index in [1.54, 1.807) is 18.4 Å². The highest BCUT2D eigenvalue weighted by atomic mass is 32.1. The SMILES string of the molecule is CCOCc1sccc1OCCOC. The number of methoxy groups -OCH3 is 1. The zero-order valence-corrected chi connectivity index (χ0v) is 9.43. The van der Waals surface area contributed by atoms with Gasteiger partial charge in [-0.25, -0.2) is 0 Å². The van der Waals surface area contributed by atoms with E-state index in [0.717, 1.165) is 17.2 Å². The van der Waals surface area contributed by atoms with E-state index in [4.69, 9.17) is 14.2 Å². The molecule has 0 unspecified atom stereocenters. The highest BCUT2D eigenvalue weighted by Gasteiger charge is 2.04. The molecule has 1 aromatic rings. The van der Waals surface area contributed by atoms with Crippen molar-refractivity contribution in [3.05, 3.63) is 16.3 Å². The summed E-state index contributed by atoms with van der Waals surface area (Å²) < 4.78 is 15.8. The third-order valence-electron chi connectivity index (χ3n) is 1.69. The molecule has 0 saturated carbocycles. The summed E-state index contributed by atoms with van der Waals surface area (Å²) in [7, 11) is 1.66. The molecule has 0 aliphatic carbocycles. The largest absolute Gasteiger partial charge is 0.490 e. The molecule has 14 heavy (non-hydrogen) atoms. The molecule has 0 aliphatic heterocycles. The third kappa shape index (κ3) is 3.65. The van der Waals surface area contributed by atoms with Crippen LogP contribution in [0.5, 0.6) is 5.75 Å². The van der Waals surface area contributed by atoms with E-state index in [2.05, 4.69) is 0 Å². The Balaban J connectivity index is 2.37. The summed E-state index contributed by atoms with van der Waals surface area (Å²) in [5.41, 5.74) is 0. The summed E-state index contributed by atoms with van der Waals surface area (Å²) >= 11 is 1.66. The van der Waals surface area contributed by atoms with Crippen LogP contribution in [0.4, 0.5) is 0 Å². The first-order valence-corrected chi connectivity index (χ1v) is 5.52. The van der Waals surface area contributed by atoms with Gasteiger partial charge >= 0.3 is 0 Å². The molecule has 1 rings (SSSR count). The van der Waals surface area contributed by atoms with E-state index >= 15 is 0 Å². The van der Waals surface area contributed by atoms with Gasteiger partial charge in [-0.05, 0) is 18.4 Å². The summed E-state index contributed by atoms with van der Waals surface area (Å²) in [6, 6.07) is 1.97. The van der Waals surface area contributed by atoms with Gasteiger partial charge in [0.15, 0.2) is 0 Å². The lowest BCUT2D eigenvalue weighted by Gasteiger charge is -2.06. The lowest BCUT2D eigenvalue weighted by Crippen LogP contribution is -2.05. The van der Waals surface area contributed by atoms with Crippen LogP contribution in [0.3, 0.4) is 0 Å². The van der Waals surface area contributed by atoms with Crippen molar-refractivity contribution in [2.24, 2.45) is 0 Å². The smallest absolute Gasteiger partial charge is 0.135 e. The van der Waals surface area contributed by atoms with Crippen LogP contribution in [0, 0.1) is 0 Å². The quantitative estimate of drug-likeness (QED) is 0.655. The molecule has 0 N–H and O–H groups in total. The first-order chi connectivity index (χ1) is 6.88. The predicted molar refractivity (Wildman–Crippen MR) is 57.0 cm³/mol. The Morgan fingerprint density at radius 1 is 1.36 bits per heavy atom. The first kappa shape index (κ1) is 11.5. The summed E-state index contributed by atoms with van der Waals surface area (Å²) in [5, 5.41) is 2.01. The van der Waals surface area contributed by atoms with Crippen molar-refractivity contribution in [3.8, 4) is 5.75 Å². The molecule has 0 amide bonds. The van der Waals surface area contributed by atoms with Crippen LogP contribution in [-0.2, 0) is 16.1 Å². The fraction of sp³-hybridized carbons (Fsp3) is 0.600. The summed E-state index contributed by atoms with van der Waals surface area (Å²) in [4.78, 5) is 1.14. The van der Waals surface area contributed by atoms with Crippen LogP contribution < -0.4 is 4.74 Å². The maximum atomic E-state index is 5.52. The molecule has 0 aliphatic rings. The highest BCUT2D eigenvalue weighted by Crippen LogP contribution is 2.25. The van der Waals surface area contributed by atoms with Gasteiger partial charge in [-0.3, -0.25) is 0 Å². The van der Waals surface area contributed by atoms with E-state index in [1.807, 2.05) is 18.4 Å². The molecule has 1 aromatic heterocycles. The molecular formula is C10H16O3S. The van der Waals surface area contributed by atoms with Crippen molar-refractivity contribution in [3.63, 3.8) is 0 Å². The van der Waals surface area contributed by atoms with Crippen molar-refractivity contribution in [1.82, 2.24) is 0 Å². The van der Waals surface area contributed by atoms with Gasteiger partial charge in [-0.2, -0.15) is 0 Å². The second-order valence-corrected chi connectivity index (χ2v) is 3.69. The van der Waals surface area contributed by atoms with Crippen molar-refractivity contribution < 1.29 is 14.2 Å². The molecule has 3 nitrogen and oxygen atoms in total. The standard InChI is InChI=1S/C10H16O3S/c1-3-12-8-10-9(4-7-14-10)13-6-5-11-2/h4,7H,3,5-6,8H2,1-2H3. The van der Waals surface area contributed by atoms with Crippen molar-refractivity contribution in [2.45, 2.75) is 13.5 Å². The molecule has 1 heterocycles. The monoisotopic (exact) mass is 216 g/mol. The average Bonchev–Trinajstić information content (AvgIpc) is 2.63. The Morgan fingerprint density at radius 3 is 2.93 bits per heavy atom. The van der Waals surface area contributed by atoms with Gasteiger partial charge in [-0.15, -0.1) is 11.3 Å². The molecule has 0 atom stereocenters. The zero-order chi connectivity index (χ0) is 10.2. The molecule has 80 valence electrons. The minimum Gasteiger partial charge on any atom is -0.490 e. The second kappa shape index (κ2) is 6.81. The second-order valence-electron chi connectivity index (χ2n) is 2.69. The minimum absolute atomic E-state index is 0.590. The van der Waals surface area contributed by atoms with Gasteiger partial charge in [0.25, 0.3) is 0 Å². The summed E-state index contributed by atoms with van der Waals surface area (Å²) in [5.74, 6) is 0.917. The predicted octanol–water partition coefficient (Wildman–Crippen LogP) is 2.31. The maximum Gasteiger partial charge on any atom is 0.135 e. The van der Waals surface area contributed by atoms with E-state index in [9.17, 15) is 0 Å². The number of rotatable bonds is 7. The fourth-order valence-corrected chi connectivity index (χ4v) is 1.74. The maximum absolute atomic E-state index is 5.52. The molecule has 0 aromatic carbocycles. The minimum atomic E-state index is 0.590. The van der Waals surface area contributed by atoms with Crippen molar-refractivity contribution in [1.29, 1.82) is 0 Å². The summed E-state index contributed by atoms with van der Waals surface area (Å²) in [6.45, 7) is 4.56. The lowest BCUT2D eigenvalue weighted by atomic mass is 10.4. The van der Waals surface area contributed by atoms with Crippen molar-refractivity contribution in [2.75, 3.05) is 26.9 Å². The van der Waals surface area contributed by atoms with Gasteiger partial charge in [-0.1, -0.05) is 0 Å². The molecule has 4 heteroatoms. The molecular weight excluding hydrogens is 200 g/mol. The van der Waals surface area contributed by atoms with Crippen LogP contribution >= 0.6 is 11.3 Å². The van der Waals surface area contributed by atoms with Crippen LogP contribution in [-0.4, -0.2) is 26.9 Å². The van der Waals surface area contributed by atoms with E-state index in [1.165, 1.54) is 0 Å². The normalized spacial score (nSPS) is 10.4. The van der Waals surface area contributed by atoms with Gasteiger partial charge in [0.2, 0.25) is 0 Å². The van der Waals surface area contributed by atoms with Crippen LogP contribution in [0.15, 0.2) is 11.4 Å². The first-order valence-electron chi connectivity index (χ1n) is 4.64. The van der Waals surface area contributed by atoms with Crippen LogP contribution in [0.1, 0.15) is 11.8 Å². The van der Waals surface area contributed by atoms with Gasteiger partial charge in [0.1, 0.15) is 12.4 Å². The Labute approximate surface area is 88.6 Å². The fourth-order valence-electron chi connectivity index (χ4n) is 0.992. The van der Waals surface area contributed by atoms with E-state index < -0.39 is 0 Å². The molecule has 0 fully saturated rings. The molecule has 0 radical (unpaired) electrons. The lowest BCUT2D eigenvalue weighted by molar-refractivity contribution is 0.127. The number of ether oxygens (including phenoxy) is 3. The van der Waals surface area contributed by atoms with Crippen LogP contribution in [0.2, 0.25) is 0 Å². The van der Waals surface area contributed by atoms with E-state index in [-0.39, 0.29) is 0 Å². The van der Waals surface area contributed by atoms with E-state index in [0.29, 0.717) is 19.8 Å². The number of thiophene rings is 1. The zero-order valence-electron chi connectivity index (χ0n) is 8.62. The molecule has 0 bridgehead atoms. The van der Waals surface area contributed by atoms with Gasteiger partial charge in [0, 0.05) is 13.7 Å². The number of hydrogen-bond acceptors (Lipinski definition) is 4. The third-order valence-corrected chi connectivity index (χ3v) is 2.56. The Bertz CT molecular complexity index is 247. The number of hydrogen-bond donors (Lipinski definition) is 0. The highest BCUT2D eigenvalue weighted by molar-refractivity contribution is 7.10. The van der Waals surface area contributed by atoms with Crippen LogP contribution in [0.25, 0.3) is 0 Å². The topological polar surface area (TPSA) is 27.7 Å². The van der Waals surface area contributed by atoms with Gasteiger partial charge in [0.05, 0.1) is 18.1 Å². The summed E-state index contributed by atoms with van der Waals surface area (Å²) in [6.07, 6.45) is 0. The Morgan fingerprint density at radius 2 is 2.21 bits per heavy atom. The Hall–Kier alpha value is -0.580. The average molecular weight is 216 g/mol.